The highest BCUT2D eigenvalue weighted by Gasteiger charge is 2.35. The normalized spacial score (nSPS) is 15.6. The first kappa shape index (κ1) is 12.6. The molecule has 1 unspecified atom stereocenters. The molecule has 0 spiro atoms. The zero-order valence-corrected chi connectivity index (χ0v) is 12.2. The highest BCUT2D eigenvalue weighted by Crippen LogP contribution is 2.32. The zero-order valence-electron chi connectivity index (χ0n) is 12.2. The molecule has 0 aliphatic carbocycles. The summed E-state index contributed by atoms with van der Waals surface area (Å²) in [6.45, 7) is 4.20. The standard InChI is InChI=1S/C18H19N2O/c1-13(12-21)19-10-11-20-17-9-5-4-7-15(17)14-6-2-3-8-16(14)18(19)20/h2-9,13,21H,10-12H2,1H3/q+1. The summed E-state index contributed by atoms with van der Waals surface area (Å²) in [5.74, 6) is 1.24. The number of aliphatic hydroxyl groups is 1. The van der Waals surface area contributed by atoms with E-state index in [4.69, 9.17) is 0 Å². The minimum atomic E-state index is 0.142. The van der Waals surface area contributed by atoms with Crippen molar-refractivity contribution in [3.63, 3.8) is 0 Å². The number of nitrogens with zero attached hydrogens (tertiary/aromatic N) is 2. The summed E-state index contributed by atoms with van der Waals surface area (Å²) in [6.07, 6.45) is 0. The molecule has 21 heavy (non-hydrogen) atoms. The van der Waals surface area contributed by atoms with Crippen LogP contribution in [0.3, 0.4) is 0 Å². The molecule has 0 saturated carbocycles. The van der Waals surface area contributed by atoms with Crippen LogP contribution in [0.1, 0.15) is 6.92 Å². The summed E-state index contributed by atoms with van der Waals surface area (Å²) in [7, 11) is 0. The van der Waals surface area contributed by atoms with Gasteiger partial charge in [0.25, 0.3) is 5.82 Å². The smallest absolute Gasteiger partial charge is 0.285 e. The van der Waals surface area contributed by atoms with Gasteiger partial charge in [0, 0.05) is 10.8 Å². The van der Waals surface area contributed by atoms with Gasteiger partial charge >= 0.3 is 0 Å². The highest BCUT2D eigenvalue weighted by molar-refractivity contribution is 6.08. The number of anilines is 1. The van der Waals surface area contributed by atoms with Crippen LogP contribution in [0.4, 0.5) is 5.82 Å². The van der Waals surface area contributed by atoms with Crippen LogP contribution >= 0.6 is 0 Å². The lowest BCUT2D eigenvalue weighted by Crippen LogP contribution is -2.36. The fourth-order valence-corrected chi connectivity index (χ4v) is 3.49. The fourth-order valence-electron chi connectivity index (χ4n) is 3.49. The first-order valence-electron chi connectivity index (χ1n) is 7.52. The average Bonchev–Trinajstić information content (AvgIpc) is 3.00. The maximum Gasteiger partial charge on any atom is 0.285 e. The molecule has 1 aromatic heterocycles. The molecule has 0 bridgehead atoms. The van der Waals surface area contributed by atoms with Gasteiger partial charge in [-0.25, -0.2) is 4.57 Å². The number of hydrogen-bond donors (Lipinski definition) is 1. The molecule has 0 fully saturated rings. The third kappa shape index (κ3) is 1.74. The second kappa shape index (κ2) is 4.71. The number of para-hydroxylation sites is 1. The molecule has 0 amide bonds. The van der Waals surface area contributed by atoms with E-state index in [1.54, 1.807) is 0 Å². The molecule has 3 heteroatoms. The maximum absolute atomic E-state index is 9.56. The van der Waals surface area contributed by atoms with Gasteiger partial charge in [-0.1, -0.05) is 36.4 Å². The monoisotopic (exact) mass is 279 g/mol. The predicted molar refractivity (Wildman–Crippen MR) is 85.5 cm³/mol. The molecule has 4 rings (SSSR count). The first-order valence-corrected chi connectivity index (χ1v) is 7.52. The van der Waals surface area contributed by atoms with E-state index in [2.05, 4.69) is 64.9 Å². The van der Waals surface area contributed by atoms with E-state index in [1.165, 1.54) is 27.5 Å². The molecule has 1 aliphatic heterocycles. The Kier molecular flexibility index (Phi) is 2.82. The van der Waals surface area contributed by atoms with E-state index in [1.807, 2.05) is 0 Å². The number of aromatic nitrogens is 1. The average molecular weight is 279 g/mol. The van der Waals surface area contributed by atoms with Crippen molar-refractivity contribution in [3.05, 3.63) is 48.5 Å². The van der Waals surface area contributed by atoms with Crippen LogP contribution in [0.15, 0.2) is 48.5 Å². The topological polar surface area (TPSA) is 27.3 Å². The number of rotatable bonds is 2. The van der Waals surface area contributed by atoms with Crippen LogP contribution in [-0.4, -0.2) is 24.3 Å². The molecule has 1 atom stereocenters. The molecule has 1 N–H and O–H groups in total. The molecule has 106 valence electrons. The van der Waals surface area contributed by atoms with E-state index >= 15 is 0 Å². The van der Waals surface area contributed by atoms with Crippen LogP contribution in [0, 0.1) is 0 Å². The number of benzene rings is 2. The van der Waals surface area contributed by atoms with Gasteiger partial charge in [0.05, 0.1) is 12.0 Å². The lowest BCUT2D eigenvalue weighted by atomic mass is 10.1. The minimum absolute atomic E-state index is 0.142. The Labute approximate surface area is 124 Å². The first-order chi connectivity index (χ1) is 10.3. The van der Waals surface area contributed by atoms with Crippen LogP contribution in [0.2, 0.25) is 0 Å². The predicted octanol–water partition coefficient (Wildman–Crippen LogP) is 2.48. The summed E-state index contributed by atoms with van der Waals surface area (Å²) in [5, 5.41) is 13.4. The van der Waals surface area contributed by atoms with Crippen LogP contribution in [0.5, 0.6) is 0 Å². The summed E-state index contributed by atoms with van der Waals surface area (Å²) in [4.78, 5) is 2.33. The molecule has 0 radical (unpaired) electrons. The molecule has 2 heterocycles. The van der Waals surface area contributed by atoms with Crippen LogP contribution in [0.25, 0.3) is 21.7 Å². The number of pyridine rings is 1. The zero-order chi connectivity index (χ0) is 14.4. The van der Waals surface area contributed by atoms with Crippen molar-refractivity contribution >= 4 is 27.5 Å². The Morgan fingerprint density at radius 1 is 1.05 bits per heavy atom. The van der Waals surface area contributed by atoms with Gasteiger partial charge in [-0.3, -0.25) is 4.90 Å². The minimum Gasteiger partial charge on any atom is -0.392 e. The van der Waals surface area contributed by atoms with E-state index in [9.17, 15) is 5.11 Å². The lowest BCUT2D eigenvalue weighted by Gasteiger charge is -2.18. The molecule has 3 aromatic rings. The molecular weight excluding hydrogens is 260 g/mol. The third-order valence-electron chi connectivity index (χ3n) is 4.54. The Bertz CT molecular complexity index is 828. The molecular formula is C18H19N2O+. The quantitative estimate of drug-likeness (QED) is 0.576. The summed E-state index contributed by atoms with van der Waals surface area (Å²) >= 11 is 0. The van der Waals surface area contributed by atoms with Crippen molar-refractivity contribution in [2.45, 2.75) is 19.5 Å². The van der Waals surface area contributed by atoms with Crippen molar-refractivity contribution in [1.29, 1.82) is 0 Å². The molecule has 2 aromatic carbocycles. The largest absolute Gasteiger partial charge is 0.392 e. The molecule has 0 saturated heterocycles. The van der Waals surface area contributed by atoms with Crippen LogP contribution in [-0.2, 0) is 6.54 Å². The van der Waals surface area contributed by atoms with Gasteiger partial charge in [-0.05, 0) is 19.1 Å². The summed E-state index contributed by atoms with van der Waals surface area (Å²) in [5.41, 5.74) is 1.28. The second-order valence-electron chi connectivity index (χ2n) is 5.76. The highest BCUT2D eigenvalue weighted by atomic mass is 16.3. The van der Waals surface area contributed by atoms with E-state index < -0.39 is 0 Å². The van der Waals surface area contributed by atoms with E-state index in [0.29, 0.717) is 0 Å². The van der Waals surface area contributed by atoms with Gasteiger partial charge in [0.15, 0.2) is 0 Å². The van der Waals surface area contributed by atoms with Crippen molar-refractivity contribution < 1.29 is 9.67 Å². The summed E-state index contributed by atoms with van der Waals surface area (Å²) < 4.78 is 2.39. The van der Waals surface area contributed by atoms with Gasteiger partial charge in [0.2, 0.25) is 0 Å². The number of hydrogen-bond acceptors (Lipinski definition) is 2. The van der Waals surface area contributed by atoms with E-state index in [-0.39, 0.29) is 12.6 Å². The Balaban J connectivity index is 2.13. The van der Waals surface area contributed by atoms with E-state index in [0.717, 1.165) is 13.1 Å². The third-order valence-corrected chi connectivity index (χ3v) is 4.54. The number of aliphatic hydroxyl groups excluding tert-OH is 1. The van der Waals surface area contributed by atoms with Gasteiger partial charge in [-0.2, -0.15) is 0 Å². The van der Waals surface area contributed by atoms with Gasteiger partial charge < -0.3 is 5.11 Å². The Morgan fingerprint density at radius 2 is 1.71 bits per heavy atom. The Hall–Kier alpha value is -2.13. The van der Waals surface area contributed by atoms with Crippen molar-refractivity contribution in [3.8, 4) is 0 Å². The van der Waals surface area contributed by atoms with Crippen molar-refractivity contribution in [2.24, 2.45) is 0 Å². The summed E-state index contributed by atoms with van der Waals surface area (Å²) in [6, 6.07) is 17.3. The second-order valence-corrected chi connectivity index (χ2v) is 5.76. The maximum atomic E-state index is 9.56. The number of fused-ring (bicyclic) bond motifs is 6. The van der Waals surface area contributed by atoms with Crippen molar-refractivity contribution in [1.82, 2.24) is 0 Å². The van der Waals surface area contributed by atoms with Crippen molar-refractivity contribution in [2.75, 3.05) is 18.1 Å². The van der Waals surface area contributed by atoms with Crippen LogP contribution < -0.4 is 9.47 Å². The Morgan fingerprint density at radius 3 is 2.48 bits per heavy atom. The van der Waals surface area contributed by atoms with Gasteiger partial charge in [-0.15, -0.1) is 0 Å². The fraction of sp³-hybridized carbons (Fsp3) is 0.278. The lowest BCUT2D eigenvalue weighted by molar-refractivity contribution is -0.643. The molecule has 3 nitrogen and oxygen atoms in total. The molecule has 1 aliphatic rings. The SMILES string of the molecule is CC(CO)N1CC[n+]2c1c1ccccc1c1ccccc12. The van der Waals surface area contributed by atoms with Gasteiger partial charge in [0.1, 0.15) is 24.6 Å².